The fourth-order valence-corrected chi connectivity index (χ4v) is 8.37. The van der Waals surface area contributed by atoms with Crippen LogP contribution in [0.4, 0.5) is 0 Å². The largest absolute Gasteiger partial charge is 0.440 e. The molecule has 0 saturated carbocycles. The molecule has 3 heteroatoms. The Kier molecular flexibility index (Phi) is 8.83. The molecule has 1 aliphatic carbocycles. The van der Waals surface area contributed by atoms with E-state index in [1.54, 1.807) is 0 Å². The highest BCUT2D eigenvalue weighted by atomic mass is 79.9. The van der Waals surface area contributed by atoms with E-state index < -0.39 is 0 Å². The maximum atomic E-state index is 6.51. The number of hydrogen-bond donors (Lipinski definition) is 0. The first kappa shape index (κ1) is 30.4. The Labute approximate surface area is 286 Å². The monoisotopic (exact) mass is 679 g/mol. The summed E-state index contributed by atoms with van der Waals surface area (Å²) in [6, 6.07) is 34.1. The van der Waals surface area contributed by atoms with Crippen LogP contribution in [0.1, 0.15) is 81.1 Å². The summed E-state index contributed by atoms with van der Waals surface area (Å²) in [6.07, 6.45) is 17.4. The van der Waals surface area contributed by atoms with E-state index in [9.17, 15) is 0 Å². The number of fused-ring (bicyclic) bond motifs is 7. The van der Waals surface area contributed by atoms with Crippen LogP contribution in [-0.2, 0) is 18.2 Å². The summed E-state index contributed by atoms with van der Waals surface area (Å²) in [4.78, 5) is 4.92. The van der Waals surface area contributed by atoms with Crippen LogP contribution in [0.15, 0.2) is 102 Å². The van der Waals surface area contributed by atoms with Gasteiger partial charge in [0.05, 0.1) is 17.1 Å². The van der Waals surface area contributed by atoms with Crippen molar-refractivity contribution in [2.45, 2.75) is 82.4 Å². The summed E-state index contributed by atoms with van der Waals surface area (Å²) in [5.41, 5.74) is 6.76. The van der Waals surface area contributed by atoms with E-state index in [4.69, 9.17) is 9.40 Å². The number of alkyl halides is 1. The third kappa shape index (κ3) is 5.89. The van der Waals surface area contributed by atoms with E-state index in [1.807, 2.05) is 6.20 Å². The zero-order valence-corrected chi connectivity index (χ0v) is 28.7. The Balaban J connectivity index is 1.45. The molecule has 47 heavy (non-hydrogen) atoms. The highest BCUT2D eigenvalue weighted by Crippen LogP contribution is 2.46. The topological polar surface area (TPSA) is 26.0 Å². The molecule has 0 bridgehead atoms. The van der Waals surface area contributed by atoms with E-state index in [0.717, 1.165) is 24.2 Å². The SMILES string of the molecule is BrCc1cnc(-c2c(-c3c4c(cc5c3ccc3ccccc35)CCCCCCCCCCCC4)ccc3c2ccc2ccccc23)o1. The molecule has 0 amide bonds. The average Bonchev–Trinajstić information content (AvgIpc) is 3.60. The lowest BCUT2D eigenvalue weighted by atomic mass is 9.81. The second-order valence-corrected chi connectivity index (χ2v) is 14.0. The summed E-state index contributed by atoms with van der Waals surface area (Å²) in [5.74, 6) is 1.54. The van der Waals surface area contributed by atoms with Gasteiger partial charge in [-0.15, -0.1) is 0 Å². The molecule has 8 rings (SSSR count). The van der Waals surface area contributed by atoms with Crippen molar-refractivity contribution in [2.24, 2.45) is 0 Å². The molecular formula is C44H42BrNO. The minimum atomic E-state index is 0.638. The average molecular weight is 681 g/mol. The third-order valence-corrected chi connectivity index (χ3v) is 11.0. The number of aryl methyl sites for hydroxylation is 1. The summed E-state index contributed by atoms with van der Waals surface area (Å²) in [6.45, 7) is 0. The number of hydrogen-bond acceptors (Lipinski definition) is 2. The maximum absolute atomic E-state index is 6.51. The van der Waals surface area contributed by atoms with Gasteiger partial charge in [0, 0.05) is 0 Å². The standard InChI is InChI=1S/C44H42BrNO/c45-28-33-29-46-44(47-33)43-38-23-21-30-15-11-13-18-34(30)37(38)25-26-40(43)42-36-20-10-8-6-4-2-1-3-5-7-9-17-32(36)27-41-35-19-14-12-16-31(35)22-24-39(41)42/h11-16,18-19,21-27,29H,1-10,17,20,28H2. The van der Waals surface area contributed by atoms with Crippen LogP contribution >= 0.6 is 15.9 Å². The first-order valence-electron chi connectivity index (χ1n) is 17.7. The summed E-state index contributed by atoms with van der Waals surface area (Å²) >= 11 is 3.61. The Hall–Kier alpha value is -3.95. The fraction of sp³-hybridized carbons (Fsp3) is 0.295. The third-order valence-electron chi connectivity index (χ3n) is 10.5. The Bertz CT molecular complexity index is 2210. The molecule has 0 saturated heterocycles. The molecule has 236 valence electrons. The number of benzene rings is 6. The van der Waals surface area contributed by atoms with Crippen molar-refractivity contribution in [3.8, 4) is 22.6 Å². The zero-order chi connectivity index (χ0) is 31.6. The molecule has 0 aliphatic heterocycles. The van der Waals surface area contributed by atoms with Crippen molar-refractivity contribution in [2.75, 3.05) is 0 Å². The number of halogens is 1. The van der Waals surface area contributed by atoms with Gasteiger partial charge in [0.25, 0.3) is 0 Å². The molecule has 0 fully saturated rings. The molecule has 0 radical (unpaired) electrons. The minimum Gasteiger partial charge on any atom is -0.440 e. The fourth-order valence-electron chi connectivity index (χ4n) is 8.11. The second kappa shape index (κ2) is 13.6. The first-order chi connectivity index (χ1) is 23.3. The van der Waals surface area contributed by atoms with Gasteiger partial charge in [-0.05, 0) is 91.0 Å². The highest BCUT2D eigenvalue weighted by molar-refractivity contribution is 9.08. The normalized spacial score (nSPS) is 15.3. The van der Waals surface area contributed by atoms with Gasteiger partial charge in [-0.25, -0.2) is 4.98 Å². The van der Waals surface area contributed by atoms with Crippen molar-refractivity contribution < 1.29 is 4.42 Å². The molecular weight excluding hydrogens is 638 g/mol. The van der Waals surface area contributed by atoms with Crippen LogP contribution in [0.3, 0.4) is 0 Å². The van der Waals surface area contributed by atoms with E-state index >= 15 is 0 Å². The van der Waals surface area contributed by atoms with Crippen LogP contribution in [0.5, 0.6) is 0 Å². The Morgan fingerprint density at radius 3 is 1.77 bits per heavy atom. The molecule has 1 heterocycles. The summed E-state index contributed by atoms with van der Waals surface area (Å²) in [5, 5.41) is 10.9. The van der Waals surface area contributed by atoms with Crippen molar-refractivity contribution in [3.05, 3.63) is 114 Å². The smallest absolute Gasteiger partial charge is 0.227 e. The quantitative estimate of drug-likeness (QED) is 0.137. The number of oxazole rings is 1. The van der Waals surface area contributed by atoms with Gasteiger partial charge in [0.1, 0.15) is 5.76 Å². The first-order valence-corrected chi connectivity index (χ1v) is 18.8. The molecule has 2 nitrogen and oxygen atoms in total. The van der Waals surface area contributed by atoms with Crippen LogP contribution in [0.2, 0.25) is 0 Å². The molecule has 1 aromatic heterocycles. The highest BCUT2D eigenvalue weighted by Gasteiger charge is 2.23. The van der Waals surface area contributed by atoms with Crippen LogP contribution < -0.4 is 0 Å². The predicted octanol–water partition coefficient (Wildman–Crippen LogP) is 13.5. The maximum Gasteiger partial charge on any atom is 0.227 e. The van der Waals surface area contributed by atoms with E-state index in [1.165, 1.54) is 130 Å². The summed E-state index contributed by atoms with van der Waals surface area (Å²) in [7, 11) is 0. The lowest BCUT2D eigenvalue weighted by Gasteiger charge is -2.22. The zero-order valence-electron chi connectivity index (χ0n) is 27.2. The number of nitrogens with zero attached hydrogens (tertiary/aromatic N) is 1. The molecule has 0 unspecified atom stereocenters. The van der Waals surface area contributed by atoms with Gasteiger partial charge >= 0.3 is 0 Å². The van der Waals surface area contributed by atoms with Crippen LogP contribution in [-0.4, -0.2) is 4.98 Å². The van der Waals surface area contributed by atoms with Gasteiger partial charge < -0.3 is 4.42 Å². The molecule has 6 aromatic carbocycles. The van der Waals surface area contributed by atoms with E-state index in [0.29, 0.717) is 11.2 Å². The van der Waals surface area contributed by atoms with E-state index in [2.05, 4.69) is 107 Å². The van der Waals surface area contributed by atoms with Crippen molar-refractivity contribution >= 4 is 59.0 Å². The molecule has 7 aromatic rings. The van der Waals surface area contributed by atoms with Crippen molar-refractivity contribution in [1.29, 1.82) is 0 Å². The van der Waals surface area contributed by atoms with Gasteiger partial charge in [0.15, 0.2) is 0 Å². The molecule has 1 aliphatic rings. The van der Waals surface area contributed by atoms with Crippen molar-refractivity contribution in [1.82, 2.24) is 4.98 Å². The minimum absolute atomic E-state index is 0.638. The van der Waals surface area contributed by atoms with E-state index in [-0.39, 0.29) is 0 Å². The van der Waals surface area contributed by atoms with Gasteiger partial charge in [-0.3, -0.25) is 0 Å². The molecule has 0 N–H and O–H groups in total. The second-order valence-electron chi connectivity index (χ2n) is 13.4. The van der Waals surface area contributed by atoms with Crippen LogP contribution in [0.25, 0.3) is 65.7 Å². The Morgan fingerprint density at radius 1 is 0.532 bits per heavy atom. The predicted molar refractivity (Wildman–Crippen MR) is 204 cm³/mol. The van der Waals surface area contributed by atoms with Crippen molar-refractivity contribution in [3.63, 3.8) is 0 Å². The van der Waals surface area contributed by atoms with Gasteiger partial charge in [-0.2, -0.15) is 0 Å². The summed E-state index contributed by atoms with van der Waals surface area (Å²) < 4.78 is 6.51. The van der Waals surface area contributed by atoms with Gasteiger partial charge in [0.2, 0.25) is 5.89 Å². The van der Waals surface area contributed by atoms with Crippen LogP contribution in [0, 0.1) is 0 Å². The molecule has 0 spiro atoms. The van der Waals surface area contributed by atoms with Gasteiger partial charge in [-0.1, -0.05) is 158 Å². The lowest BCUT2D eigenvalue weighted by Crippen LogP contribution is -2.03. The number of rotatable bonds is 3. The lowest BCUT2D eigenvalue weighted by molar-refractivity contribution is 0.540. The number of aromatic nitrogens is 1. The molecule has 0 atom stereocenters. The Morgan fingerprint density at radius 2 is 1.11 bits per heavy atom.